The minimum atomic E-state index is 0.852. The standard InChI is InChI=1S/C17H23N3/c1-18-12-14-7-10-20(11-8-14)13-15-6-9-19-17-5-3-2-4-16(15)17/h2-6,9,14,18H,7-8,10-13H2,1H3. The molecule has 1 fully saturated rings. The molecule has 106 valence electrons. The van der Waals surface area contributed by atoms with Crippen molar-refractivity contribution in [1.82, 2.24) is 15.2 Å². The predicted molar refractivity (Wildman–Crippen MR) is 83.7 cm³/mol. The molecule has 3 heteroatoms. The molecule has 0 bridgehead atoms. The molecule has 2 heterocycles. The summed E-state index contributed by atoms with van der Waals surface area (Å²) in [5.74, 6) is 0.852. The first-order chi connectivity index (χ1) is 9.86. The molecule has 20 heavy (non-hydrogen) atoms. The number of aromatic nitrogens is 1. The number of nitrogens with one attached hydrogen (secondary N) is 1. The third-order valence-corrected chi connectivity index (χ3v) is 4.33. The zero-order valence-corrected chi connectivity index (χ0v) is 12.2. The van der Waals surface area contributed by atoms with Crippen molar-refractivity contribution >= 4 is 10.9 Å². The second-order valence-corrected chi connectivity index (χ2v) is 5.76. The van der Waals surface area contributed by atoms with Crippen molar-refractivity contribution in [2.75, 3.05) is 26.7 Å². The van der Waals surface area contributed by atoms with E-state index in [4.69, 9.17) is 0 Å². The van der Waals surface area contributed by atoms with Crippen LogP contribution in [0.3, 0.4) is 0 Å². The number of hydrogen-bond acceptors (Lipinski definition) is 3. The van der Waals surface area contributed by atoms with E-state index in [1.807, 2.05) is 6.20 Å². The van der Waals surface area contributed by atoms with Crippen molar-refractivity contribution in [3.8, 4) is 0 Å². The minimum Gasteiger partial charge on any atom is -0.319 e. The third-order valence-electron chi connectivity index (χ3n) is 4.33. The van der Waals surface area contributed by atoms with Gasteiger partial charge in [-0.2, -0.15) is 0 Å². The van der Waals surface area contributed by atoms with Crippen molar-refractivity contribution in [3.05, 3.63) is 42.1 Å². The first-order valence-corrected chi connectivity index (χ1v) is 7.56. The molecule has 2 aromatic rings. The van der Waals surface area contributed by atoms with E-state index in [9.17, 15) is 0 Å². The van der Waals surface area contributed by atoms with E-state index in [1.54, 1.807) is 0 Å². The normalized spacial score (nSPS) is 17.6. The van der Waals surface area contributed by atoms with Crippen LogP contribution in [0.25, 0.3) is 10.9 Å². The van der Waals surface area contributed by atoms with E-state index < -0.39 is 0 Å². The van der Waals surface area contributed by atoms with Gasteiger partial charge in [-0.15, -0.1) is 0 Å². The maximum Gasteiger partial charge on any atom is 0.0705 e. The monoisotopic (exact) mass is 269 g/mol. The van der Waals surface area contributed by atoms with Gasteiger partial charge in [-0.05, 0) is 63.1 Å². The summed E-state index contributed by atoms with van der Waals surface area (Å²) in [6.07, 6.45) is 4.55. The average molecular weight is 269 g/mol. The minimum absolute atomic E-state index is 0.852. The lowest BCUT2D eigenvalue weighted by Crippen LogP contribution is -2.36. The second-order valence-electron chi connectivity index (χ2n) is 5.76. The van der Waals surface area contributed by atoms with Gasteiger partial charge in [0.15, 0.2) is 0 Å². The van der Waals surface area contributed by atoms with Crippen LogP contribution < -0.4 is 5.32 Å². The highest BCUT2D eigenvalue weighted by Gasteiger charge is 2.19. The number of para-hydroxylation sites is 1. The number of hydrogen-bond donors (Lipinski definition) is 1. The summed E-state index contributed by atoms with van der Waals surface area (Å²) in [5.41, 5.74) is 2.51. The zero-order valence-electron chi connectivity index (χ0n) is 12.2. The third kappa shape index (κ3) is 3.00. The largest absolute Gasteiger partial charge is 0.319 e. The first kappa shape index (κ1) is 13.5. The lowest BCUT2D eigenvalue weighted by molar-refractivity contribution is 0.177. The summed E-state index contributed by atoms with van der Waals surface area (Å²) in [6, 6.07) is 10.6. The Balaban J connectivity index is 1.68. The number of pyridine rings is 1. The van der Waals surface area contributed by atoms with Crippen LogP contribution in [0.15, 0.2) is 36.5 Å². The lowest BCUT2D eigenvalue weighted by atomic mass is 9.96. The Bertz CT molecular complexity index is 554. The molecule has 1 N–H and O–H groups in total. The van der Waals surface area contributed by atoms with Crippen LogP contribution in [0.1, 0.15) is 18.4 Å². The Hall–Kier alpha value is -1.45. The molecule has 0 spiro atoms. The molecular weight excluding hydrogens is 246 g/mol. The smallest absolute Gasteiger partial charge is 0.0705 e. The van der Waals surface area contributed by atoms with Crippen LogP contribution in [0.4, 0.5) is 0 Å². The summed E-state index contributed by atoms with van der Waals surface area (Å²) < 4.78 is 0. The van der Waals surface area contributed by atoms with Crippen LogP contribution in [0.2, 0.25) is 0 Å². The highest BCUT2D eigenvalue weighted by Crippen LogP contribution is 2.22. The van der Waals surface area contributed by atoms with Gasteiger partial charge < -0.3 is 5.32 Å². The number of fused-ring (bicyclic) bond motifs is 1. The molecular formula is C17H23N3. The van der Waals surface area contributed by atoms with Gasteiger partial charge in [0.25, 0.3) is 0 Å². The van der Waals surface area contributed by atoms with Crippen molar-refractivity contribution in [1.29, 1.82) is 0 Å². The van der Waals surface area contributed by atoms with E-state index in [1.165, 1.54) is 36.9 Å². The van der Waals surface area contributed by atoms with Crippen molar-refractivity contribution < 1.29 is 0 Å². The van der Waals surface area contributed by atoms with Gasteiger partial charge in [-0.1, -0.05) is 18.2 Å². The Morgan fingerprint density at radius 3 is 2.80 bits per heavy atom. The maximum atomic E-state index is 4.44. The number of likely N-dealkylation sites (tertiary alicyclic amines) is 1. The summed E-state index contributed by atoms with van der Waals surface area (Å²) in [6.45, 7) is 4.63. The van der Waals surface area contributed by atoms with E-state index in [0.717, 1.165) is 24.5 Å². The van der Waals surface area contributed by atoms with Gasteiger partial charge >= 0.3 is 0 Å². The zero-order chi connectivity index (χ0) is 13.8. The Morgan fingerprint density at radius 1 is 1.20 bits per heavy atom. The Labute approximate surface area is 121 Å². The van der Waals surface area contributed by atoms with Crippen molar-refractivity contribution in [2.45, 2.75) is 19.4 Å². The summed E-state index contributed by atoms with van der Waals surface area (Å²) in [4.78, 5) is 7.02. The highest BCUT2D eigenvalue weighted by atomic mass is 15.1. The van der Waals surface area contributed by atoms with E-state index >= 15 is 0 Å². The van der Waals surface area contributed by atoms with Crippen molar-refractivity contribution in [3.63, 3.8) is 0 Å². The SMILES string of the molecule is CNCC1CCN(Cc2ccnc3ccccc23)CC1. The fourth-order valence-corrected chi connectivity index (χ4v) is 3.17. The summed E-state index contributed by atoms with van der Waals surface area (Å²) in [7, 11) is 2.05. The van der Waals surface area contributed by atoms with Crippen LogP contribution in [-0.2, 0) is 6.54 Å². The molecule has 1 aromatic heterocycles. The van der Waals surface area contributed by atoms with Crippen LogP contribution in [-0.4, -0.2) is 36.6 Å². The Morgan fingerprint density at radius 2 is 2.00 bits per heavy atom. The molecule has 0 radical (unpaired) electrons. The molecule has 3 rings (SSSR count). The number of benzene rings is 1. The van der Waals surface area contributed by atoms with Crippen LogP contribution >= 0.6 is 0 Å². The quantitative estimate of drug-likeness (QED) is 0.925. The lowest BCUT2D eigenvalue weighted by Gasteiger charge is -2.32. The molecule has 0 saturated carbocycles. The molecule has 0 atom stereocenters. The van der Waals surface area contributed by atoms with Crippen LogP contribution in [0.5, 0.6) is 0 Å². The molecule has 1 aliphatic heterocycles. The topological polar surface area (TPSA) is 28.2 Å². The van der Waals surface area contributed by atoms with Gasteiger partial charge in [0.05, 0.1) is 5.52 Å². The highest BCUT2D eigenvalue weighted by molar-refractivity contribution is 5.81. The Kier molecular flexibility index (Phi) is 4.28. The fraction of sp³-hybridized carbons (Fsp3) is 0.471. The number of rotatable bonds is 4. The van der Waals surface area contributed by atoms with Crippen molar-refractivity contribution in [2.24, 2.45) is 5.92 Å². The predicted octanol–water partition coefficient (Wildman–Crippen LogP) is 2.67. The van der Waals surface area contributed by atoms with Gasteiger partial charge in [0.1, 0.15) is 0 Å². The van der Waals surface area contributed by atoms with Gasteiger partial charge in [0.2, 0.25) is 0 Å². The maximum absolute atomic E-state index is 4.44. The molecule has 0 amide bonds. The first-order valence-electron chi connectivity index (χ1n) is 7.56. The van der Waals surface area contributed by atoms with E-state index in [0.29, 0.717) is 0 Å². The number of piperidine rings is 1. The molecule has 1 aromatic carbocycles. The number of nitrogens with zero attached hydrogens (tertiary/aromatic N) is 2. The molecule has 0 unspecified atom stereocenters. The summed E-state index contributed by atoms with van der Waals surface area (Å²) in [5, 5.41) is 4.60. The van der Waals surface area contributed by atoms with Crippen LogP contribution in [0, 0.1) is 5.92 Å². The van der Waals surface area contributed by atoms with Gasteiger partial charge in [-0.3, -0.25) is 9.88 Å². The average Bonchev–Trinajstić information content (AvgIpc) is 2.50. The van der Waals surface area contributed by atoms with E-state index in [-0.39, 0.29) is 0 Å². The fourth-order valence-electron chi connectivity index (χ4n) is 3.17. The molecule has 3 nitrogen and oxygen atoms in total. The summed E-state index contributed by atoms with van der Waals surface area (Å²) >= 11 is 0. The van der Waals surface area contributed by atoms with Gasteiger partial charge in [-0.25, -0.2) is 0 Å². The van der Waals surface area contributed by atoms with Gasteiger partial charge in [0, 0.05) is 18.1 Å². The van der Waals surface area contributed by atoms with E-state index in [2.05, 4.69) is 52.6 Å². The molecule has 1 aliphatic rings. The molecule has 1 saturated heterocycles. The molecule has 0 aliphatic carbocycles. The second kappa shape index (κ2) is 6.33.